The average molecular weight is 342 g/mol. The normalized spacial score (nSPS) is 14.8. The van der Waals surface area contributed by atoms with Crippen molar-refractivity contribution in [3.05, 3.63) is 60.2 Å². The Hall–Kier alpha value is -2.54. The minimum Gasteiger partial charge on any atom is -0.325 e. The summed E-state index contributed by atoms with van der Waals surface area (Å²) in [6.45, 7) is 1.82. The number of aromatic nitrogens is 1. The van der Waals surface area contributed by atoms with E-state index in [1.54, 1.807) is 6.07 Å². The van der Waals surface area contributed by atoms with Crippen molar-refractivity contribution in [3.8, 4) is 0 Å². The number of carbonyl (C=O) groups is 1. The third-order valence-electron chi connectivity index (χ3n) is 3.35. The molecule has 1 aliphatic rings. The van der Waals surface area contributed by atoms with Crippen LogP contribution in [0.15, 0.2) is 58.9 Å². The molecular formula is C17H15FN4OS. The van der Waals surface area contributed by atoms with Crippen molar-refractivity contribution in [2.45, 2.75) is 18.6 Å². The molecule has 1 atom stereocenters. The quantitative estimate of drug-likeness (QED) is 0.925. The Balaban J connectivity index is 1.54. The molecule has 1 unspecified atom stereocenters. The lowest BCUT2D eigenvalue weighted by molar-refractivity contribution is -0.115. The summed E-state index contributed by atoms with van der Waals surface area (Å²) >= 11 is 1.36. The molecule has 1 N–H and O–H groups in total. The van der Waals surface area contributed by atoms with Crippen LogP contribution < -0.4 is 5.32 Å². The molecule has 2 aromatic rings. The number of hydrogen-bond donors (Lipinski definition) is 1. The van der Waals surface area contributed by atoms with Crippen molar-refractivity contribution in [1.82, 2.24) is 4.98 Å². The fourth-order valence-corrected chi connectivity index (χ4v) is 2.99. The largest absolute Gasteiger partial charge is 0.325 e. The van der Waals surface area contributed by atoms with Gasteiger partial charge in [-0.05, 0) is 31.2 Å². The maximum Gasteiger partial charge on any atom is 0.237 e. The summed E-state index contributed by atoms with van der Waals surface area (Å²) in [7, 11) is 0. The molecule has 0 spiro atoms. The number of thioether (sulfide) groups is 1. The second kappa shape index (κ2) is 7.35. The Bertz CT molecular complexity index is 790. The standard InChI is InChI=1S/C17H15FN4OS/c1-11(17(23)20-13-5-3-2-4-6-13)24-16-9-15(21-22-16)14-8-7-12(18)10-19-14/h2-8,10-11H,9H2,1H3,(H,20,23). The second-order valence-electron chi connectivity index (χ2n) is 5.19. The van der Waals surface area contributed by atoms with E-state index in [-0.39, 0.29) is 17.0 Å². The smallest absolute Gasteiger partial charge is 0.237 e. The van der Waals surface area contributed by atoms with E-state index in [1.165, 1.54) is 17.8 Å². The zero-order valence-corrected chi connectivity index (χ0v) is 13.8. The first kappa shape index (κ1) is 16.3. The van der Waals surface area contributed by atoms with Crippen LogP contribution >= 0.6 is 11.8 Å². The SMILES string of the molecule is CC(SC1=NN=C(c2ccc(F)cn2)C1)C(=O)Nc1ccccc1. The van der Waals surface area contributed by atoms with E-state index in [0.717, 1.165) is 16.9 Å². The van der Waals surface area contributed by atoms with Gasteiger partial charge in [0.1, 0.15) is 10.9 Å². The lowest BCUT2D eigenvalue weighted by Gasteiger charge is -2.11. The highest BCUT2D eigenvalue weighted by atomic mass is 32.2. The summed E-state index contributed by atoms with van der Waals surface area (Å²) < 4.78 is 12.9. The van der Waals surface area contributed by atoms with Crippen LogP contribution in [0.5, 0.6) is 0 Å². The van der Waals surface area contributed by atoms with E-state index >= 15 is 0 Å². The molecular weight excluding hydrogens is 327 g/mol. The first-order chi connectivity index (χ1) is 11.6. The molecule has 0 radical (unpaired) electrons. The minimum atomic E-state index is -0.390. The monoisotopic (exact) mass is 342 g/mol. The van der Waals surface area contributed by atoms with Crippen LogP contribution in [0.2, 0.25) is 0 Å². The van der Waals surface area contributed by atoms with E-state index < -0.39 is 0 Å². The maximum absolute atomic E-state index is 12.9. The van der Waals surface area contributed by atoms with Crippen LogP contribution in [-0.2, 0) is 4.79 Å². The molecule has 1 aliphatic heterocycles. The van der Waals surface area contributed by atoms with Crippen molar-refractivity contribution in [1.29, 1.82) is 0 Å². The van der Waals surface area contributed by atoms with Crippen LogP contribution in [-0.4, -0.2) is 26.9 Å². The number of amides is 1. The van der Waals surface area contributed by atoms with Gasteiger partial charge in [0.05, 0.1) is 22.9 Å². The average Bonchev–Trinajstić information content (AvgIpc) is 3.05. The number of benzene rings is 1. The Morgan fingerprint density at radius 3 is 2.71 bits per heavy atom. The first-order valence-electron chi connectivity index (χ1n) is 7.40. The second-order valence-corrected chi connectivity index (χ2v) is 6.61. The number of nitrogens with one attached hydrogen (secondary N) is 1. The summed E-state index contributed by atoms with van der Waals surface area (Å²) in [4.78, 5) is 16.2. The van der Waals surface area contributed by atoms with Crippen molar-refractivity contribution in [2.24, 2.45) is 10.2 Å². The molecule has 7 heteroatoms. The van der Waals surface area contributed by atoms with Gasteiger partial charge in [-0.2, -0.15) is 5.10 Å². The fourth-order valence-electron chi connectivity index (χ4n) is 2.11. The van der Waals surface area contributed by atoms with Crippen molar-refractivity contribution >= 4 is 34.1 Å². The molecule has 122 valence electrons. The molecule has 0 saturated carbocycles. The topological polar surface area (TPSA) is 66.7 Å². The van der Waals surface area contributed by atoms with E-state index in [1.807, 2.05) is 37.3 Å². The highest BCUT2D eigenvalue weighted by molar-refractivity contribution is 8.15. The van der Waals surface area contributed by atoms with Crippen molar-refractivity contribution in [3.63, 3.8) is 0 Å². The number of nitrogens with zero attached hydrogens (tertiary/aromatic N) is 3. The summed E-state index contributed by atoms with van der Waals surface area (Å²) in [5, 5.41) is 11.5. The Kier molecular flexibility index (Phi) is 5.00. The van der Waals surface area contributed by atoms with Crippen LogP contribution in [0.25, 0.3) is 0 Å². The maximum atomic E-state index is 12.9. The zero-order valence-electron chi connectivity index (χ0n) is 12.9. The number of anilines is 1. The molecule has 5 nitrogen and oxygen atoms in total. The molecule has 2 heterocycles. The summed E-state index contributed by atoms with van der Waals surface area (Å²) in [5.41, 5.74) is 2.03. The van der Waals surface area contributed by atoms with Gasteiger partial charge in [0.2, 0.25) is 5.91 Å². The van der Waals surface area contributed by atoms with Gasteiger partial charge in [-0.25, -0.2) is 4.39 Å². The zero-order chi connectivity index (χ0) is 16.9. The number of pyridine rings is 1. The molecule has 3 rings (SSSR count). The van der Waals surface area contributed by atoms with E-state index in [4.69, 9.17) is 0 Å². The molecule has 1 aromatic carbocycles. The molecule has 0 aliphatic carbocycles. The number of hydrogen-bond acceptors (Lipinski definition) is 5. The molecule has 1 aromatic heterocycles. The van der Waals surface area contributed by atoms with Crippen molar-refractivity contribution < 1.29 is 9.18 Å². The number of rotatable bonds is 4. The summed E-state index contributed by atoms with van der Waals surface area (Å²) in [6.07, 6.45) is 1.64. The number of halogens is 1. The molecule has 0 bridgehead atoms. The number of carbonyl (C=O) groups excluding carboxylic acids is 1. The Morgan fingerprint density at radius 2 is 2.00 bits per heavy atom. The summed E-state index contributed by atoms with van der Waals surface area (Å²) in [5.74, 6) is -0.485. The minimum absolute atomic E-state index is 0.0951. The Morgan fingerprint density at radius 1 is 1.21 bits per heavy atom. The van der Waals surface area contributed by atoms with Gasteiger partial charge >= 0.3 is 0 Å². The predicted molar refractivity (Wildman–Crippen MR) is 94.9 cm³/mol. The van der Waals surface area contributed by atoms with Crippen LogP contribution in [0, 0.1) is 5.82 Å². The van der Waals surface area contributed by atoms with Crippen LogP contribution in [0.4, 0.5) is 10.1 Å². The molecule has 0 fully saturated rings. The van der Waals surface area contributed by atoms with E-state index in [9.17, 15) is 9.18 Å². The van der Waals surface area contributed by atoms with Gasteiger partial charge in [0.25, 0.3) is 0 Å². The van der Waals surface area contributed by atoms with Gasteiger partial charge in [-0.15, -0.1) is 5.10 Å². The first-order valence-corrected chi connectivity index (χ1v) is 8.27. The predicted octanol–water partition coefficient (Wildman–Crippen LogP) is 3.49. The third kappa shape index (κ3) is 4.05. The lowest BCUT2D eigenvalue weighted by Crippen LogP contribution is -2.23. The molecule has 1 amide bonds. The highest BCUT2D eigenvalue weighted by Gasteiger charge is 2.22. The third-order valence-corrected chi connectivity index (χ3v) is 4.41. The van der Waals surface area contributed by atoms with Crippen molar-refractivity contribution in [2.75, 3.05) is 5.32 Å². The lowest BCUT2D eigenvalue weighted by atomic mass is 10.2. The van der Waals surface area contributed by atoms with E-state index in [0.29, 0.717) is 17.8 Å². The van der Waals surface area contributed by atoms with Gasteiger partial charge in [0.15, 0.2) is 0 Å². The summed E-state index contributed by atoms with van der Waals surface area (Å²) in [6, 6.07) is 12.2. The molecule has 0 saturated heterocycles. The number of para-hydroxylation sites is 1. The highest BCUT2D eigenvalue weighted by Crippen LogP contribution is 2.22. The van der Waals surface area contributed by atoms with E-state index in [2.05, 4.69) is 20.5 Å². The van der Waals surface area contributed by atoms with Gasteiger partial charge in [-0.1, -0.05) is 30.0 Å². The Labute approximate surface area is 143 Å². The van der Waals surface area contributed by atoms with Crippen LogP contribution in [0.3, 0.4) is 0 Å². The van der Waals surface area contributed by atoms with Crippen LogP contribution in [0.1, 0.15) is 19.0 Å². The molecule has 24 heavy (non-hydrogen) atoms. The van der Waals surface area contributed by atoms with Gasteiger partial charge < -0.3 is 5.32 Å². The van der Waals surface area contributed by atoms with Gasteiger partial charge in [0, 0.05) is 12.1 Å². The fraction of sp³-hybridized carbons (Fsp3) is 0.176. The van der Waals surface area contributed by atoms with Gasteiger partial charge in [-0.3, -0.25) is 9.78 Å².